The molecule has 5 heteroatoms. The maximum absolute atomic E-state index is 4.75. The van der Waals surface area contributed by atoms with Gasteiger partial charge < -0.3 is 4.98 Å². The molecule has 0 saturated carbocycles. The highest BCUT2D eigenvalue weighted by Crippen LogP contribution is 2.34. The summed E-state index contributed by atoms with van der Waals surface area (Å²) in [6.45, 7) is 4.37. The fraction of sp³-hybridized carbons (Fsp3) is 0.107. The summed E-state index contributed by atoms with van der Waals surface area (Å²) in [6.07, 6.45) is 14.8. The van der Waals surface area contributed by atoms with Crippen LogP contribution in [0.3, 0.4) is 0 Å². The zero-order valence-corrected chi connectivity index (χ0v) is 18.5. The van der Waals surface area contributed by atoms with Crippen molar-refractivity contribution < 1.29 is 0 Å². The first-order chi connectivity index (χ1) is 16.2. The molecule has 1 atom stereocenters. The van der Waals surface area contributed by atoms with Crippen LogP contribution in [0.25, 0.3) is 50.2 Å². The summed E-state index contributed by atoms with van der Waals surface area (Å²) in [5.74, 6) is 1.14. The fourth-order valence-electron chi connectivity index (χ4n) is 4.51. The Hall–Kier alpha value is -4.25. The van der Waals surface area contributed by atoms with Crippen LogP contribution in [0.1, 0.15) is 18.1 Å². The molecule has 0 bridgehead atoms. The van der Waals surface area contributed by atoms with E-state index in [1.807, 2.05) is 36.7 Å². The summed E-state index contributed by atoms with van der Waals surface area (Å²) < 4.78 is 0. The van der Waals surface area contributed by atoms with E-state index in [1.54, 1.807) is 0 Å². The van der Waals surface area contributed by atoms with Gasteiger partial charge in [0.05, 0.1) is 16.6 Å². The molecule has 1 aliphatic rings. The zero-order valence-electron chi connectivity index (χ0n) is 18.5. The quantitative estimate of drug-likeness (QED) is 0.338. The van der Waals surface area contributed by atoms with Crippen molar-refractivity contribution in [2.24, 2.45) is 5.92 Å². The molecule has 0 saturated heterocycles. The van der Waals surface area contributed by atoms with Gasteiger partial charge in [0, 0.05) is 28.9 Å². The number of H-pyrrole nitrogens is 2. The molecular formula is C28H23N5. The molecule has 0 fully saturated rings. The Bertz CT molecular complexity index is 1560. The van der Waals surface area contributed by atoms with E-state index in [2.05, 4.69) is 82.6 Å². The molecule has 3 aromatic heterocycles. The Morgan fingerprint density at radius 2 is 1.82 bits per heavy atom. The zero-order chi connectivity index (χ0) is 22.4. The predicted octanol–water partition coefficient (Wildman–Crippen LogP) is 6.62. The van der Waals surface area contributed by atoms with E-state index in [0.717, 1.165) is 50.1 Å². The summed E-state index contributed by atoms with van der Waals surface area (Å²) in [5, 5.41) is 8.75. The first kappa shape index (κ1) is 19.4. The molecule has 1 aliphatic carbocycles. The van der Waals surface area contributed by atoms with Crippen LogP contribution in [-0.4, -0.2) is 25.1 Å². The van der Waals surface area contributed by atoms with Gasteiger partial charge in [-0.05, 0) is 53.8 Å². The predicted molar refractivity (Wildman–Crippen MR) is 135 cm³/mol. The smallest absolute Gasteiger partial charge is 0.159 e. The summed E-state index contributed by atoms with van der Waals surface area (Å²) in [6, 6.07) is 14.4. The van der Waals surface area contributed by atoms with Gasteiger partial charge in [0.2, 0.25) is 0 Å². The SMILES string of the molecule is Cc1c(C2=CC(C)C=CC=C2)cncc1-c1ccc2[nH]nc(-c3nc4ccccc4[nH]3)c2c1. The Labute approximate surface area is 191 Å². The van der Waals surface area contributed by atoms with Crippen molar-refractivity contribution in [3.8, 4) is 22.6 Å². The van der Waals surface area contributed by atoms with Crippen LogP contribution in [0.2, 0.25) is 0 Å². The van der Waals surface area contributed by atoms with Crippen LogP contribution in [0.4, 0.5) is 0 Å². The lowest BCUT2D eigenvalue weighted by Gasteiger charge is -2.13. The molecule has 160 valence electrons. The van der Waals surface area contributed by atoms with Gasteiger partial charge in [-0.3, -0.25) is 10.1 Å². The molecule has 1 unspecified atom stereocenters. The number of aromatic amines is 2. The van der Waals surface area contributed by atoms with Gasteiger partial charge in [-0.25, -0.2) is 4.98 Å². The number of pyridine rings is 1. The number of imidazole rings is 1. The average molecular weight is 430 g/mol. The molecule has 0 amide bonds. The highest BCUT2D eigenvalue weighted by atomic mass is 15.1. The molecule has 5 aromatic rings. The van der Waals surface area contributed by atoms with Crippen LogP contribution in [-0.2, 0) is 0 Å². The van der Waals surface area contributed by atoms with Gasteiger partial charge in [-0.2, -0.15) is 5.10 Å². The third kappa shape index (κ3) is 3.38. The Morgan fingerprint density at radius 1 is 0.939 bits per heavy atom. The largest absolute Gasteiger partial charge is 0.337 e. The number of aromatic nitrogens is 5. The second-order valence-corrected chi connectivity index (χ2v) is 8.52. The third-order valence-electron chi connectivity index (χ3n) is 6.26. The van der Waals surface area contributed by atoms with Crippen LogP contribution in [0, 0.1) is 12.8 Å². The standard InChI is InChI=1S/C28H23N5/c1-17-7-3-4-8-19(13-17)22-15-29-16-23(18(22)2)20-11-12-24-21(14-20)27(33-32-24)28-30-25-9-5-6-10-26(25)31-28/h3-17H,1-2H3,(H,30,31)(H,32,33). The lowest BCUT2D eigenvalue weighted by molar-refractivity contribution is 0.944. The van der Waals surface area contributed by atoms with Gasteiger partial charge in [-0.15, -0.1) is 0 Å². The van der Waals surface area contributed by atoms with Crippen LogP contribution < -0.4 is 0 Å². The Morgan fingerprint density at radius 3 is 2.73 bits per heavy atom. The topological polar surface area (TPSA) is 70.2 Å². The number of hydrogen-bond donors (Lipinski definition) is 2. The minimum absolute atomic E-state index is 0.381. The fourth-order valence-corrected chi connectivity index (χ4v) is 4.51. The number of rotatable bonds is 3. The average Bonchev–Trinajstić information content (AvgIpc) is 3.38. The molecule has 2 aromatic carbocycles. The second kappa shape index (κ2) is 7.71. The molecule has 0 radical (unpaired) electrons. The number of para-hydroxylation sites is 2. The van der Waals surface area contributed by atoms with E-state index in [1.165, 1.54) is 11.1 Å². The number of nitrogens with zero attached hydrogens (tertiary/aromatic N) is 3. The van der Waals surface area contributed by atoms with E-state index >= 15 is 0 Å². The summed E-state index contributed by atoms with van der Waals surface area (Å²) in [5.41, 5.74) is 9.52. The summed E-state index contributed by atoms with van der Waals surface area (Å²) in [7, 11) is 0. The van der Waals surface area contributed by atoms with E-state index in [4.69, 9.17) is 4.98 Å². The van der Waals surface area contributed by atoms with Gasteiger partial charge >= 0.3 is 0 Å². The normalized spacial score (nSPS) is 15.8. The van der Waals surface area contributed by atoms with Gasteiger partial charge in [0.1, 0.15) is 5.69 Å². The highest BCUT2D eigenvalue weighted by molar-refractivity contribution is 5.96. The van der Waals surface area contributed by atoms with E-state index in [-0.39, 0.29) is 0 Å². The first-order valence-corrected chi connectivity index (χ1v) is 11.1. The minimum atomic E-state index is 0.381. The van der Waals surface area contributed by atoms with Gasteiger partial charge in [0.15, 0.2) is 5.82 Å². The molecule has 2 N–H and O–H groups in total. The maximum atomic E-state index is 4.75. The lowest BCUT2D eigenvalue weighted by Crippen LogP contribution is -1.95. The molecule has 5 nitrogen and oxygen atoms in total. The monoisotopic (exact) mass is 429 g/mol. The van der Waals surface area contributed by atoms with E-state index < -0.39 is 0 Å². The van der Waals surface area contributed by atoms with Gasteiger partial charge in [-0.1, -0.05) is 55.5 Å². The molecule has 33 heavy (non-hydrogen) atoms. The van der Waals surface area contributed by atoms with Crippen molar-refractivity contribution in [3.63, 3.8) is 0 Å². The van der Waals surface area contributed by atoms with Crippen molar-refractivity contribution in [2.75, 3.05) is 0 Å². The van der Waals surface area contributed by atoms with E-state index in [0.29, 0.717) is 5.92 Å². The Kier molecular flexibility index (Phi) is 4.54. The number of nitrogens with one attached hydrogen (secondary N) is 2. The highest BCUT2D eigenvalue weighted by Gasteiger charge is 2.16. The lowest BCUT2D eigenvalue weighted by atomic mass is 9.93. The van der Waals surface area contributed by atoms with Crippen molar-refractivity contribution in [1.29, 1.82) is 0 Å². The van der Waals surface area contributed by atoms with Crippen LogP contribution in [0.15, 0.2) is 85.2 Å². The molecular weight excluding hydrogens is 406 g/mol. The van der Waals surface area contributed by atoms with Crippen molar-refractivity contribution in [2.45, 2.75) is 13.8 Å². The second-order valence-electron chi connectivity index (χ2n) is 8.52. The number of benzene rings is 2. The summed E-state index contributed by atoms with van der Waals surface area (Å²) >= 11 is 0. The third-order valence-corrected chi connectivity index (χ3v) is 6.26. The molecule has 3 heterocycles. The van der Waals surface area contributed by atoms with Crippen LogP contribution in [0.5, 0.6) is 0 Å². The summed E-state index contributed by atoms with van der Waals surface area (Å²) in [4.78, 5) is 12.7. The number of hydrogen-bond acceptors (Lipinski definition) is 3. The van der Waals surface area contributed by atoms with E-state index in [9.17, 15) is 0 Å². The minimum Gasteiger partial charge on any atom is -0.337 e. The van der Waals surface area contributed by atoms with Crippen LogP contribution >= 0.6 is 0 Å². The van der Waals surface area contributed by atoms with Crippen molar-refractivity contribution >= 4 is 27.5 Å². The molecule has 0 spiro atoms. The Balaban J connectivity index is 1.47. The molecule has 0 aliphatic heterocycles. The number of fused-ring (bicyclic) bond motifs is 2. The number of allylic oxidation sites excluding steroid dienone is 6. The van der Waals surface area contributed by atoms with Crippen molar-refractivity contribution in [3.05, 3.63) is 96.4 Å². The maximum Gasteiger partial charge on any atom is 0.159 e. The first-order valence-electron chi connectivity index (χ1n) is 11.1. The van der Waals surface area contributed by atoms with Gasteiger partial charge in [0.25, 0.3) is 0 Å². The molecule has 6 rings (SSSR count). The van der Waals surface area contributed by atoms with Crippen molar-refractivity contribution in [1.82, 2.24) is 25.1 Å².